The van der Waals surface area contributed by atoms with Crippen LogP contribution < -0.4 is 0 Å². The van der Waals surface area contributed by atoms with Gasteiger partial charge in [0.25, 0.3) is 0 Å². The fourth-order valence-electron chi connectivity index (χ4n) is 3.27. The number of hydrogen-bond acceptors (Lipinski definition) is 3. The van der Waals surface area contributed by atoms with Gasteiger partial charge < -0.3 is 5.11 Å². The van der Waals surface area contributed by atoms with Gasteiger partial charge in [-0.3, -0.25) is 9.80 Å². The summed E-state index contributed by atoms with van der Waals surface area (Å²) in [4.78, 5) is 5.22. The number of piperazine rings is 1. The Morgan fingerprint density at radius 3 is 2.47 bits per heavy atom. The summed E-state index contributed by atoms with van der Waals surface area (Å²) in [7, 11) is 0. The zero-order chi connectivity index (χ0) is 12.3. The van der Waals surface area contributed by atoms with Crippen LogP contribution in [0.1, 0.15) is 46.0 Å². The summed E-state index contributed by atoms with van der Waals surface area (Å²) >= 11 is 0. The molecule has 1 N–H and O–H groups in total. The Kier molecular flexibility index (Phi) is 4.83. The van der Waals surface area contributed by atoms with E-state index >= 15 is 0 Å². The summed E-state index contributed by atoms with van der Waals surface area (Å²) in [6.07, 6.45) is 5.73. The lowest BCUT2D eigenvalue weighted by Crippen LogP contribution is -2.53. The van der Waals surface area contributed by atoms with Crippen molar-refractivity contribution in [1.29, 1.82) is 0 Å². The smallest absolute Gasteiger partial charge is 0.0555 e. The Morgan fingerprint density at radius 1 is 1.18 bits per heavy atom. The average Bonchev–Trinajstić information content (AvgIpc) is 2.38. The normalized spacial score (nSPS) is 34.8. The van der Waals surface area contributed by atoms with Crippen molar-refractivity contribution >= 4 is 0 Å². The lowest BCUT2D eigenvalue weighted by atomic mass is 9.91. The Bertz CT molecular complexity index is 226. The van der Waals surface area contributed by atoms with Gasteiger partial charge in [-0.25, -0.2) is 0 Å². The Hall–Kier alpha value is -0.120. The minimum Gasteiger partial charge on any atom is -0.393 e. The predicted octanol–water partition coefficient (Wildman–Crippen LogP) is 1.71. The number of hydrogen-bond donors (Lipinski definition) is 1. The first-order valence-corrected chi connectivity index (χ1v) is 7.37. The molecule has 0 amide bonds. The molecule has 1 saturated carbocycles. The van der Waals surface area contributed by atoms with Crippen LogP contribution in [-0.2, 0) is 0 Å². The molecule has 3 atom stereocenters. The van der Waals surface area contributed by atoms with Crippen molar-refractivity contribution in [2.75, 3.05) is 26.2 Å². The first kappa shape index (κ1) is 13.3. The summed E-state index contributed by atoms with van der Waals surface area (Å²) in [6.45, 7) is 9.42. The molecule has 1 saturated heterocycles. The van der Waals surface area contributed by atoms with Crippen molar-refractivity contribution in [1.82, 2.24) is 9.80 Å². The fraction of sp³-hybridized carbons (Fsp3) is 1.00. The van der Waals surface area contributed by atoms with Crippen LogP contribution in [0.2, 0.25) is 0 Å². The van der Waals surface area contributed by atoms with Gasteiger partial charge in [0.15, 0.2) is 0 Å². The van der Waals surface area contributed by atoms with Crippen LogP contribution in [0.25, 0.3) is 0 Å². The highest BCUT2D eigenvalue weighted by Gasteiger charge is 2.28. The van der Waals surface area contributed by atoms with E-state index in [1.807, 2.05) is 0 Å². The second-order valence-electron chi connectivity index (χ2n) is 5.80. The molecular weight excluding hydrogens is 212 g/mol. The first-order valence-electron chi connectivity index (χ1n) is 7.37. The van der Waals surface area contributed by atoms with E-state index in [0.29, 0.717) is 6.04 Å². The Balaban J connectivity index is 1.78. The molecule has 1 heterocycles. The molecule has 0 bridgehead atoms. The van der Waals surface area contributed by atoms with Crippen molar-refractivity contribution in [3.05, 3.63) is 0 Å². The molecule has 3 unspecified atom stereocenters. The maximum Gasteiger partial charge on any atom is 0.0555 e. The standard InChI is InChI=1S/C14H28N2O/c1-3-12(2)15-7-9-16(10-8-15)13-5-4-6-14(17)11-13/h12-14,17H,3-11H2,1-2H3. The fourth-order valence-corrected chi connectivity index (χ4v) is 3.27. The lowest BCUT2D eigenvalue weighted by Gasteiger charge is -2.43. The molecule has 17 heavy (non-hydrogen) atoms. The van der Waals surface area contributed by atoms with E-state index in [4.69, 9.17) is 0 Å². The Labute approximate surface area is 106 Å². The third-order valence-corrected chi connectivity index (χ3v) is 4.70. The Morgan fingerprint density at radius 2 is 1.88 bits per heavy atom. The summed E-state index contributed by atoms with van der Waals surface area (Å²) in [6, 6.07) is 1.38. The number of aliphatic hydroxyl groups excluding tert-OH is 1. The van der Waals surface area contributed by atoms with Crippen LogP contribution in [-0.4, -0.2) is 59.3 Å². The lowest BCUT2D eigenvalue weighted by molar-refractivity contribution is 0.0249. The van der Waals surface area contributed by atoms with E-state index in [9.17, 15) is 5.11 Å². The molecule has 2 aliphatic rings. The van der Waals surface area contributed by atoms with Gasteiger partial charge in [-0.1, -0.05) is 6.92 Å². The quantitative estimate of drug-likeness (QED) is 0.813. The molecule has 100 valence electrons. The maximum atomic E-state index is 9.75. The average molecular weight is 240 g/mol. The van der Waals surface area contributed by atoms with E-state index in [-0.39, 0.29) is 6.10 Å². The molecule has 1 aliphatic heterocycles. The van der Waals surface area contributed by atoms with Gasteiger partial charge in [-0.15, -0.1) is 0 Å². The van der Waals surface area contributed by atoms with E-state index in [0.717, 1.165) is 18.9 Å². The third kappa shape index (κ3) is 3.43. The highest BCUT2D eigenvalue weighted by Crippen LogP contribution is 2.24. The molecule has 0 radical (unpaired) electrons. The van der Waals surface area contributed by atoms with Gasteiger partial charge in [0, 0.05) is 38.3 Å². The minimum absolute atomic E-state index is 0.0404. The zero-order valence-corrected chi connectivity index (χ0v) is 11.4. The van der Waals surface area contributed by atoms with E-state index < -0.39 is 0 Å². The van der Waals surface area contributed by atoms with Gasteiger partial charge in [0.2, 0.25) is 0 Å². The summed E-state index contributed by atoms with van der Waals surface area (Å²) in [5, 5.41) is 9.75. The molecule has 3 heteroatoms. The van der Waals surface area contributed by atoms with Crippen LogP contribution >= 0.6 is 0 Å². The van der Waals surface area contributed by atoms with E-state index in [2.05, 4.69) is 23.6 Å². The molecule has 1 aliphatic carbocycles. The van der Waals surface area contributed by atoms with Crippen molar-refractivity contribution in [2.45, 2.75) is 64.1 Å². The molecule has 0 spiro atoms. The van der Waals surface area contributed by atoms with Crippen molar-refractivity contribution in [3.8, 4) is 0 Å². The first-order chi connectivity index (χ1) is 8.20. The topological polar surface area (TPSA) is 26.7 Å². The second-order valence-corrected chi connectivity index (χ2v) is 5.80. The van der Waals surface area contributed by atoms with E-state index in [1.165, 1.54) is 45.4 Å². The van der Waals surface area contributed by atoms with Gasteiger partial charge in [0.05, 0.1) is 6.10 Å². The third-order valence-electron chi connectivity index (χ3n) is 4.70. The highest BCUT2D eigenvalue weighted by molar-refractivity contribution is 4.84. The van der Waals surface area contributed by atoms with E-state index in [1.54, 1.807) is 0 Å². The predicted molar refractivity (Wildman–Crippen MR) is 71.2 cm³/mol. The van der Waals surface area contributed by atoms with Crippen LogP contribution in [0, 0.1) is 0 Å². The second kappa shape index (κ2) is 6.17. The zero-order valence-electron chi connectivity index (χ0n) is 11.4. The maximum absolute atomic E-state index is 9.75. The molecule has 2 rings (SSSR count). The minimum atomic E-state index is -0.0404. The van der Waals surface area contributed by atoms with Crippen LogP contribution in [0.15, 0.2) is 0 Å². The highest BCUT2D eigenvalue weighted by atomic mass is 16.3. The largest absolute Gasteiger partial charge is 0.393 e. The van der Waals surface area contributed by atoms with Crippen molar-refractivity contribution < 1.29 is 5.11 Å². The van der Waals surface area contributed by atoms with Crippen molar-refractivity contribution in [3.63, 3.8) is 0 Å². The molecule has 0 aromatic heterocycles. The number of aliphatic hydroxyl groups is 1. The molecule has 2 fully saturated rings. The number of nitrogens with zero attached hydrogens (tertiary/aromatic N) is 2. The monoisotopic (exact) mass is 240 g/mol. The van der Waals surface area contributed by atoms with Crippen LogP contribution in [0.5, 0.6) is 0 Å². The molecule has 0 aromatic carbocycles. The molecule has 3 nitrogen and oxygen atoms in total. The SMILES string of the molecule is CCC(C)N1CCN(C2CCCC(O)C2)CC1. The van der Waals surface area contributed by atoms with Crippen molar-refractivity contribution in [2.24, 2.45) is 0 Å². The number of rotatable bonds is 3. The summed E-state index contributed by atoms with van der Waals surface area (Å²) < 4.78 is 0. The molecule has 0 aromatic rings. The van der Waals surface area contributed by atoms with Crippen LogP contribution in [0.4, 0.5) is 0 Å². The van der Waals surface area contributed by atoms with Gasteiger partial charge in [-0.2, -0.15) is 0 Å². The summed E-state index contributed by atoms with van der Waals surface area (Å²) in [5.41, 5.74) is 0. The van der Waals surface area contributed by atoms with Gasteiger partial charge in [0.1, 0.15) is 0 Å². The van der Waals surface area contributed by atoms with Crippen LogP contribution in [0.3, 0.4) is 0 Å². The van der Waals surface area contributed by atoms with Gasteiger partial charge >= 0.3 is 0 Å². The molecular formula is C14H28N2O. The van der Waals surface area contributed by atoms with Gasteiger partial charge in [-0.05, 0) is 39.0 Å². The summed E-state index contributed by atoms with van der Waals surface area (Å²) in [5.74, 6) is 0.